The summed E-state index contributed by atoms with van der Waals surface area (Å²) in [5.74, 6) is -0.918. The molecule has 3 aromatic rings. The smallest absolute Gasteiger partial charge is 0.337 e. The van der Waals surface area contributed by atoms with Crippen LogP contribution < -0.4 is 0 Å². The van der Waals surface area contributed by atoms with Gasteiger partial charge in [0.2, 0.25) is 0 Å². The van der Waals surface area contributed by atoms with Gasteiger partial charge in [0.25, 0.3) is 0 Å². The van der Waals surface area contributed by atoms with Crippen molar-refractivity contribution in [2.24, 2.45) is 5.92 Å². The first-order valence-electron chi connectivity index (χ1n) is 9.38. The molecule has 1 aliphatic rings. The van der Waals surface area contributed by atoms with Gasteiger partial charge in [-0.2, -0.15) is 0 Å². The van der Waals surface area contributed by atoms with Crippen molar-refractivity contribution in [3.05, 3.63) is 71.7 Å². The lowest BCUT2D eigenvalue weighted by Crippen LogP contribution is -2.34. The number of nitrogens with zero attached hydrogens (tertiary/aromatic N) is 2. The maximum atomic E-state index is 13.6. The lowest BCUT2D eigenvalue weighted by atomic mass is 9.96. The maximum Gasteiger partial charge on any atom is 0.337 e. The summed E-state index contributed by atoms with van der Waals surface area (Å²) in [5, 5.41) is 9.90. The fourth-order valence-electron chi connectivity index (χ4n) is 4.04. The zero-order chi connectivity index (χ0) is 18.8. The van der Waals surface area contributed by atoms with Crippen LogP contribution in [0.4, 0.5) is 4.39 Å². The second kappa shape index (κ2) is 7.53. The Balaban J connectivity index is 1.44. The van der Waals surface area contributed by atoms with E-state index in [4.69, 9.17) is 0 Å². The zero-order valence-corrected chi connectivity index (χ0v) is 15.1. The Morgan fingerprint density at radius 1 is 1.11 bits per heavy atom. The molecule has 0 amide bonds. The Morgan fingerprint density at radius 3 is 2.56 bits per heavy atom. The molecule has 0 bridgehead atoms. The Morgan fingerprint density at radius 2 is 1.85 bits per heavy atom. The van der Waals surface area contributed by atoms with E-state index >= 15 is 0 Å². The molecule has 1 saturated heterocycles. The maximum absolute atomic E-state index is 13.6. The highest BCUT2D eigenvalue weighted by Crippen LogP contribution is 2.27. The monoisotopic (exact) mass is 366 g/mol. The minimum absolute atomic E-state index is 0.172. The molecule has 5 heteroatoms. The number of hydrogen-bond acceptors (Lipinski definition) is 2. The molecule has 0 atom stereocenters. The normalized spacial score (nSPS) is 16.0. The quantitative estimate of drug-likeness (QED) is 0.728. The molecule has 4 nitrogen and oxygen atoms in total. The van der Waals surface area contributed by atoms with Crippen LogP contribution in [-0.4, -0.2) is 33.6 Å². The third kappa shape index (κ3) is 3.88. The van der Waals surface area contributed by atoms with Crippen LogP contribution in [0.1, 0.15) is 28.8 Å². The molecule has 0 saturated carbocycles. The summed E-state index contributed by atoms with van der Waals surface area (Å²) in [7, 11) is 0. The van der Waals surface area contributed by atoms with Crippen molar-refractivity contribution in [3.63, 3.8) is 0 Å². The molecule has 1 aromatic heterocycles. The molecule has 2 aromatic carbocycles. The highest BCUT2D eigenvalue weighted by atomic mass is 19.1. The first kappa shape index (κ1) is 17.7. The molecule has 1 aliphatic heterocycles. The van der Waals surface area contributed by atoms with Gasteiger partial charge in [0, 0.05) is 30.2 Å². The predicted molar refractivity (Wildman–Crippen MR) is 103 cm³/mol. The van der Waals surface area contributed by atoms with Crippen LogP contribution in [0.2, 0.25) is 0 Å². The van der Waals surface area contributed by atoms with Crippen LogP contribution in [0.3, 0.4) is 0 Å². The van der Waals surface area contributed by atoms with Crippen molar-refractivity contribution >= 4 is 16.9 Å². The van der Waals surface area contributed by atoms with Crippen LogP contribution in [0.15, 0.2) is 54.7 Å². The molecule has 0 radical (unpaired) electrons. The first-order valence-corrected chi connectivity index (χ1v) is 9.38. The molecule has 0 unspecified atom stereocenters. The minimum atomic E-state index is -1.01. The van der Waals surface area contributed by atoms with E-state index in [2.05, 4.69) is 29.2 Å². The number of hydrogen-bond donors (Lipinski definition) is 1. The molecular formula is C22H23FN2O2. The van der Waals surface area contributed by atoms with E-state index in [1.165, 1.54) is 17.7 Å². The van der Waals surface area contributed by atoms with Gasteiger partial charge < -0.3 is 9.67 Å². The summed E-state index contributed by atoms with van der Waals surface area (Å²) in [6, 6.07) is 14.9. The van der Waals surface area contributed by atoms with Crippen molar-refractivity contribution in [2.45, 2.75) is 25.9 Å². The average Bonchev–Trinajstić information content (AvgIpc) is 3.02. The number of aromatic nitrogens is 1. The Kier molecular flexibility index (Phi) is 4.94. The van der Waals surface area contributed by atoms with Gasteiger partial charge in [-0.15, -0.1) is 0 Å². The first-order chi connectivity index (χ1) is 13.1. The predicted octanol–water partition coefficient (Wildman–Crippen LogP) is 4.39. The molecule has 2 heterocycles. The minimum Gasteiger partial charge on any atom is -0.478 e. The topological polar surface area (TPSA) is 45.5 Å². The highest BCUT2D eigenvalue weighted by Gasteiger charge is 2.22. The van der Waals surface area contributed by atoms with E-state index in [-0.39, 0.29) is 5.56 Å². The van der Waals surface area contributed by atoms with Gasteiger partial charge in [-0.1, -0.05) is 30.3 Å². The van der Waals surface area contributed by atoms with E-state index in [0.29, 0.717) is 11.3 Å². The SMILES string of the molecule is O=C(O)c1cn(CC2CCN(Cc3ccccc3)CC2)c2ccc(F)cc12. The summed E-state index contributed by atoms with van der Waals surface area (Å²) in [6.07, 6.45) is 3.81. The lowest BCUT2D eigenvalue weighted by Gasteiger charge is -2.32. The second-order valence-electron chi connectivity index (χ2n) is 7.37. The standard InChI is InChI=1S/C22H23FN2O2/c23-18-6-7-21-19(12-18)20(22(26)27)15-25(21)14-17-8-10-24(11-9-17)13-16-4-2-1-3-5-16/h1-7,12,15,17H,8-11,13-14H2,(H,26,27). The Bertz CT molecular complexity index is 944. The molecule has 0 spiro atoms. The van der Waals surface area contributed by atoms with Crippen LogP contribution in [0.5, 0.6) is 0 Å². The van der Waals surface area contributed by atoms with Crippen molar-refractivity contribution < 1.29 is 14.3 Å². The van der Waals surface area contributed by atoms with E-state index in [1.807, 2.05) is 10.6 Å². The van der Waals surface area contributed by atoms with Crippen LogP contribution in [-0.2, 0) is 13.1 Å². The number of carbonyl (C=O) groups is 1. The molecule has 0 aliphatic carbocycles. The third-order valence-corrected chi connectivity index (χ3v) is 5.48. The van der Waals surface area contributed by atoms with E-state index in [0.717, 1.165) is 44.5 Å². The van der Waals surface area contributed by atoms with Gasteiger partial charge in [-0.3, -0.25) is 4.90 Å². The van der Waals surface area contributed by atoms with Crippen LogP contribution in [0, 0.1) is 11.7 Å². The number of piperidine rings is 1. The summed E-state index contributed by atoms with van der Waals surface area (Å²) < 4.78 is 15.5. The van der Waals surface area contributed by atoms with Crippen molar-refractivity contribution in [3.8, 4) is 0 Å². The Hall–Kier alpha value is -2.66. The summed E-state index contributed by atoms with van der Waals surface area (Å²) in [5.41, 5.74) is 2.30. The molecule has 27 heavy (non-hydrogen) atoms. The van der Waals surface area contributed by atoms with Crippen LogP contribution >= 0.6 is 0 Å². The number of halogens is 1. The number of benzene rings is 2. The molecule has 4 rings (SSSR count). The van der Waals surface area contributed by atoms with Crippen molar-refractivity contribution in [1.82, 2.24) is 9.47 Å². The average molecular weight is 366 g/mol. The summed E-state index contributed by atoms with van der Waals surface area (Å²) in [4.78, 5) is 14.0. The fourth-order valence-corrected chi connectivity index (χ4v) is 4.04. The van der Waals surface area contributed by atoms with Gasteiger partial charge in [-0.25, -0.2) is 9.18 Å². The molecule has 1 N–H and O–H groups in total. The number of carboxylic acid groups (broad SMARTS) is 1. The van der Waals surface area contributed by atoms with Gasteiger partial charge in [0.05, 0.1) is 5.56 Å². The van der Waals surface area contributed by atoms with E-state index < -0.39 is 11.8 Å². The number of likely N-dealkylation sites (tertiary alicyclic amines) is 1. The highest BCUT2D eigenvalue weighted by molar-refractivity contribution is 6.03. The van der Waals surface area contributed by atoms with Crippen molar-refractivity contribution in [2.75, 3.05) is 13.1 Å². The van der Waals surface area contributed by atoms with Gasteiger partial charge in [0.1, 0.15) is 5.82 Å². The largest absolute Gasteiger partial charge is 0.478 e. The molecule has 140 valence electrons. The van der Waals surface area contributed by atoms with E-state index in [1.54, 1.807) is 12.3 Å². The van der Waals surface area contributed by atoms with E-state index in [9.17, 15) is 14.3 Å². The summed E-state index contributed by atoms with van der Waals surface area (Å²) in [6.45, 7) is 3.83. The number of carboxylic acids is 1. The van der Waals surface area contributed by atoms with Crippen LogP contribution in [0.25, 0.3) is 10.9 Å². The Labute approximate surface area is 157 Å². The lowest BCUT2D eigenvalue weighted by molar-refractivity contribution is 0.0698. The molecular weight excluding hydrogens is 343 g/mol. The van der Waals surface area contributed by atoms with Gasteiger partial charge >= 0.3 is 5.97 Å². The number of aromatic carboxylic acids is 1. The summed E-state index contributed by atoms with van der Waals surface area (Å²) >= 11 is 0. The van der Waals surface area contributed by atoms with Crippen molar-refractivity contribution in [1.29, 1.82) is 0 Å². The zero-order valence-electron chi connectivity index (χ0n) is 15.1. The number of rotatable bonds is 5. The van der Waals surface area contributed by atoms with Gasteiger partial charge in [-0.05, 0) is 55.6 Å². The molecule has 1 fully saturated rings. The fraction of sp³-hybridized carbons (Fsp3) is 0.318. The van der Waals surface area contributed by atoms with Gasteiger partial charge in [0.15, 0.2) is 0 Å². The number of fused-ring (bicyclic) bond motifs is 1. The third-order valence-electron chi connectivity index (χ3n) is 5.48. The second-order valence-corrected chi connectivity index (χ2v) is 7.37.